The molecule has 1 rings (SSSR count). The predicted octanol–water partition coefficient (Wildman–Crippen LogP) is 4.44. The van der Waals surface area contributed by atoms with Crippen molar-refractivity contribution in [3.8, 4) is 0 Å². The van der Waals surface area contributed by atoms with Crippen LogP contribution in [0.5, 0.6) is 0 Å². The summed E-state index contributed by atoms with van der Waals surface area (Å²) in [6.45, 7) is 16.5. The van der Waals surface area contributed by atoms with E-state index in [1.54, 1.807) is 0 Å². The van der Waals surface area contributed by atoms with Gasteiger partial charge in [0, 0.05) is 0 Å². The summed E-state index contributed by atoms with van der Waals surface area (Å²) in [5, 5.41) is 1.43. The second-order valence-corrected chi connectivity index (χ2v) is 14.6. The van der Waals surface area contributed by atoms with Crippen LogP contribution in [0.15, 0.2) is 30.3 Å². The van der Waals surface area contributed by atoms with E-state index >= 15 is 0 Å². The van der Waals surface area contributed by atoms with Gasteiger partial charge in [0.15, 0.2) is 17.4 Å². The molecule has 0 aromatic heterocycles. The molecular formula is C16H30OSi2. The Morgan fingerprint density at radius 1 is 0.842 bits per heavy atom. The fourth-order valence-electron chi connectivity index (χ4n) is 3.51. The Balaban J connectivity index is 3.02. The number of hydrogen-bond donors (Lipinski definition) is 0. The lowest BCUT2D eigenvalue weighted by molar-refractivity contribution is 0.499. The van der Waals surface area contributed by atoms with Crippen LogP contribution in [0.4, 0.5) is 0 Å². The highest BCUT2D eigenvalue weighted by Gasteiger charge is 2.45. The molecule has 0 aliphatic rings. The van der Waals surface area contributed by atoms with Gasteiger partial charge in [-0.25, -0.2) is 0 Å². The molecule has 0 saturated carbocycles. The van der Waals surface area contributed by atoms with E-state index in [0.717, 1.165) is 0 Å². The quantitative estimate of drug-likeness (QED) is 0.705. The predicted molar refractivity (Wildman–Crippen MR) is 91.2 cm³/mol. The fraction of sp³-hybridized carbons (Fsp3) is 0.625. The molecule has 0 aliphatic heterocycles. The summed E-state index contributed by atoms with van der Waals surface area (Å²) >= 11 is 0. The summed E-state index contributed by atoms with van der Waals surface area (Å²) in [6.07, 6.45) is 0. The monoisotopic (exact) mass is 294 g/mol. The van der Waals surface area contributed by atoms with Gasteiger partial charge in [-0.05, 0) is 28.4 Å². The van der Waals surface area contributed by atoms with E-state index < -0.39 is 17.4 Å². The lowest BCUT2D eigenvalue weighted by atomic mass is 10.4. The summed E-state index contributed by atoms with van der Waals surface area (Å²) < 4.78 is 6.89. The van der Waals surface area contributed by atoms with Crippen molar-refractivity contribution in [3.63, 3.8) is 0 Å². The molecule has 0 aliphatic carbocycles. The molecule has 0 radical (unpaired) electrons. The van der Waals surface area contributed by atoms with Gasteiger partial charge in [0.05, 0.1) is 0 Å². The van der Waals surface area contributed by atoms with Gasteiger partial charge in [0.1, 0.15) is 0 Å². The van der Waals surface area contributed by atoms with Gasteiger partial charge in [0.2, 0.25) is 0 Å². The first-order valence-corrected chi connectivity index (χ1v) is 11.9. The molecule has 3 heteroatoms. The van der Waals surface area contributed by atoms with Crippen molar-refractivity contribution in [1.29, 1.82) is 0 Å². The minimum Gasteiger partial charge on any atom is -0.453 e. The van der Waals surface area contributed by atoms with Crippen molar-refractivity contribution < 1.29 is 4.12 Å². The van der Waals surface area contributed by atoms with Crippen LogP contribution in [0.25, 0.3) is 0 Å². The zero-order chi connectivity index (χ0) is 14.6. The second kappa shape index (κ2) is 6.86. The molecule has 0 amide bonds. The molecule has 0 spiro atoms. The van der Waals surface area contributed by atoms with Crippen LogP contribution in [0.2, 0.25) is 23.2 Å². The molecule has 0 bridgehead atoms. The summed E-state index contributed by atoms with van der Waals surface area (Å²) in [5.41, 5.74) is 2.02. The lowest BCUT2D eigenvalue weighted by Gasteiger charge is -2.44. The fourth-order valence-corrected chi connectivity index (χ4v) is 14.5. The van der Waals surface area contributed by atoms with Gasteiger partial charge in [0.25, 0.3) is 0 Å². The van der Waals surface area contributed by atoms with Gasteiger partial charge < -0.3 is 4.12 Å². The third-order valence-electron chi connectivity index (χ3n) is 4.36. The van der Waals surface area contributed by atoms with Gasteiger partial charge in [-0.1, -0.05) is 71.9 Å². The Kier molecular flexibility index (Phi) is 6.02. The maximum atomic E-state index is 6.89. The highest BCUT2D eigenvalue weighted by Crippen LogP contribution is 2.42. The largest absolute Gasteiger partial charge is 0.453 e. The molecule has 1 aromatic rings. The lowest BCUT2D eigenvalue weighted by Crippen LogP contribution is -2.53. The van der Waals surface area contributed by atoms with Gasteiger partial charge >= 0.3 is 0 Å². The number of hydrogen-bond acceptors (Lipinski definition) is 1. The average molecular weight is 295 g/mol. The van der Waals surface area contributed by atoms with Gasteiger partial charge in [-0.15, -0.1) is 0 Å². The molecule has 1 aromatic carbocycles. The summed E-state index contributed by atoms with van der Waals surface area (Å²) in [4.78, 5) is 0. The number of benzene rings is 1. The third kappa shape index (κ3) is 3.58. The van der Waals surface area contributed by atoms with E-state index in [0.29, 0.717) is 16.6 Å². The standard InChI is InChI=1S/C16H30OSi2/c1-13(2)19(14(3)4,15(5)6)17-18(7)16-11-9-8-10-12-16/h8-15,18H,1-7H3. The van der Waals surface area contributed by atoms with Crippen molar-refractivity contribution in [2.45, 2.75) is 64.7 Å². The highest BCUT2D eigenvalue weighted by atomic mass is 28.4. The van der Waals surface area contributed by atoms with Crippen molar-refractivity contribution >= 4 is 22.5 Å². The zero-order valence-electron chi connectivity index (χ0n) is 13.6. The Bertz CT molecular complexity index is 352. The molecule has 108 valence electrons. The Morgan fingerprint density at radius 2 is 1.26 bits per heavy atom. The van der Waals surface area contributed by atoms with E-state index in [-0.39, 0.29) is 0 Å². The van der Waals surface area contributed by atoms with E-state index in [1.807, 2.05) is 0 Å². The Morgan fingerprint density at radius 3 is 1.63 bits per heavy atom. The van der Waals surface area contributed by atoms with Crippen molar-refractivity contribution in [3.05, 3.63) is 30.3 Å². The normalized spacial score (nSPS) is 14.4. The van der Waals surface area contributed by atoms with Crippen LogP contribution in [0, 0.1) is 0 Å². The average Bonchev–Trinajstić information content (AvgIpc) is 2.35. The van der Waals surface area contributed by atoms with Crippen LogP contribution in [0.3, 0.4) is 0 Å². The van der Waals surface area contributed by atoms with Crippen LogP contribution in [-0.2, 0) is 4.12 Å². The van der Waals surface area contributed by atoms with Crippen LogP contribution in [-0.4, -0.2) is 17.4 Å². The van der Waals surface area contributed by atoms with Crippen molar-refractivity contribution in [2.75, 3.05) is 0 Å². The molecule has 19 heavy (non-hydrogen) atoms. The molecule has 0 fully saturated rings. The SMILES string of the molecule is CC(C)[Si](O[SiH](C)c1ccccc1)(C(C)C)C(C)C. The Labute approximate surface area is 122 Å². The highest BCUT2D eigenvalue weighted by molar-refractivity contribution is 6.86. The molecule has 0 N–H and O–H groups in total. The summed E-state index contributed by atoms with van der Waals surface area (Å²) in [5.74, 6) is 0. The van der Waals surface area contributed by atoms with E-state index in [4.69, 9.17) is 4.12 Å². The van der Waals surface area contributed by atoms with Gasteiger partial charge in [-0.3, -0.25) is 0 Å². The minimum atomic E-state index is -1.71. The van der Waals surface area contributed by atoms with Gasteiger partial charge in [-0.2, -0.15) is 0 Å². The first kappa shape index (κ1) is 16.7. The molecule has 1 nitrogen and oxygen atoms in total. The summed E-state index contributed by atoms with van der Waals surface area (Å²) in [6, 6.07) is 10.8. The summed E-state index contributed by atoms with van der Waals surface area (Å²) in [7, 11) is -3.00. The van der Waals surface area contributed by atoms with Crippen LogP contribution < -0.4 is 5.19 Å². The first-order chi connectivity index (χ1) is 8.82. The maximum absolute atomic E-state index is 6.89. The van der Waals surface area contributed by atoms with Crippen molar-refractivity contribution in [2.24, 2.45) is 0 Å². The Hall–Kier alpha value is -0.386. The first-order valence-electron chi connectivity index (χ1n) is 7.55. The topological polar surface area (TPSA) is 9.23 Å². The minimum absolute atomic E-state index is 0.672. The van der Waals surface area contributed by atoms with E-state index in [2.05, 4.69) is 78.4 Å². The second-order valence-electron chi connectivity index (χ2n) is 6.49. The zero-order valence-corrected chi connectivity index (χ0v) is 15.8. The number of rotatable bonds is 6. The molecule has 1 unspecified atom stereocenters. The van der Waals surface area contributed by atoms with Crippen molar-refractivity contribution in [1.82, 2.24) is 0 Å². The maximum Gasteiger partial charge on any atom is 0.192 e. The van der Waals surface area contributed by atoms with E-state index in [9.17, 15) is 0 Å². The smallest absolute Gasteiger partial charge is 0.192 e. The molecular weight excluding hydrogens is 264 g/mol. The van der Waals surface area contributed by atoms with Crippen LogP contribution >= 0.6 is 0 Å². The van der Waals surface area contributed by atoms with Crippen LogP contribution in [0.1, 0.15) is 41.5 Å². The molecule has 0 saturated heterocycles. The third-order valence-corrected chi connectivity index (χ3v) is 14.1. The molecule has 1 atom stereocenters. The van der Waals surface area contributed by atoms with E-state index in [1.165, 1.54) is 5.19 Å². The molecule has 0 heterocycles.